The molecule has 1 atom stereocenters. The molecular weight excluding hydrogens is 294 g/mol. The number of rotatable bonds is 3. The number of aromatic nitrogens is 2. The zero-order valence-electron chi connectivity index (χ0n) is 11.5. The number of nitrogens with zero attached hydrogens (tertiary/aromatic N) is 2. The predicted octanol–water partition coefficient (Wildman–Crippen LogP) is 2.15. The molecule has 0 unspecified atom stereocenters. The third-order valence-electron chi connectivity index (χ3n) is 3.85. The van der Waals surface area contributed by atoms with Gasteiger partial charge in [0.1, 0.15) is 17.0 Å². The molecule has 2 aromatic rings. The Bertz CT molecular complexity index is 752. The second-order valence-corrected chi connectivity index (χ2v) is 8.77. The van der Waals surface area contributed by atoms with Crippen molar-refractivity contribution in [3.05, 3.63) is 16.8 Å². The van der Waals surface area contributed by atoms with Crippen LogP contribution in [0.5, 0.6) is 0 Å². The lowest BCUT2D eigenvalue weighted by molar-refractivity contribution is 0.596. The van der Waals surface area contributed by atoms with Crippen LogP contribution in [0.1, 0.15) is 16.9 Å². The lowest BCUT2D eigenvalue weighted by atomic mass is 10.1. The molecule has 1 aliphatic heterocycles. The number of fused-ring (bicyclic) bond motifs is 1. The van der Waals surface area contributed by atoms with Crippen LogP contribution < -0.4 is 5.32 Å². The van der Waals surface area contributed by atoms with E-state index in [2.05, 4.69) is 29.1 Å². The molecule has 108 valence electrons. The fraction of sp³-hybridized carbons (Fsp3) is 0.538. The summed E-state index contributed by atoms with van der Waals surface area (Å²) in [7, 11) is -2.82. The average Bonchev–Trinajstić information content (AvgIpc) is 2.88. The fourth-order valence-corrected chi connectivity index (χ4v) is 5.45. The van der Waals surface area contributed by atoms with E-state index < -0.39 is 9.84 Å². The smallest absolute Gasteiger partial charge is 0.150 e. The van der Waals surface area contributed by atoms with Crippen molar-refractivity contribution < 1.29 is 8.42 Å². The standard InChI is InChI=1S/C13H17N3O2S2/c1-8-9(2)19-13-11(8)12(15-7-16-13)14-5-10-3-4-20(17,18)6-10/h7,10H,3-6H2,1-2H3,(H,14,15,16)/t10-/m1/s1. The second-order valence-electron chi connectivity index (χ2n) is 5.34. The van der Waals surface area contributed by atoms with Gasteiger partial charge in [0.25, 0.3) is 0 Å². The van der Waals surface area contributed by atoms with Crippen LogP contribution in [0.2, 0.25) is 0 Å². The van der Waals surface area contributed by atoms with Crippen molar-refractivity contribution in [1.29, 1.82) is 0 Å². The summed E-state index contributed by atoms with van der Waals surface area (Å²) in [6.07, 6.45) is 2.30. The average molecular weight is 311 g/mol. The topological polar surface area (TPSA) is 72.0 Å². The summed E-state index contributed by atoms with van der Waals surface area (Å²) in [5, 5.41) is 4.38. The van der Waals surface area contributed by atoms with Crippen LogP contribution in [-0.2, 0) is 9.84 Å². The summed E-state index contributed by atoms with van der Waals surface area (Å²) in [5.41, 5.74) is 1.20. The maximum Gasteiger partial charge on any atom is 0.150 e. The summed E-state index contributed by atoms with van der Waals surface area (Å²) >= 11 is 1.66. The van der Waals surface area contributed by atoms with E-state index in [-0.39, 0.29) is 11.7 Å². The Morgan fingerprint density at radius 3 is 2.90 bits per heavy atom. The molecule has 20 heavy (non-hydrogen) atoms. The number of hydrogen-bond donors (Lipinski definition) is 1. The molecule has 3 rings (SSSR count). The van der Waals surface area contributed by atoms with Crippen LogP contribution in [0.3, 0.4) is 0 Å². The van der Waals surface area contributed by atoms with Gasteiger partial charge in [-0.3, -0.25) is 0 Å². The monoisotopic (exact) mass is 311 g/mol. The molecule has 7 heteroatoms. The maximum atomic E-state index is 11.5. The number of thiophene rings is 1. The number of nitrogens with one attached hydrogen (secondary N) is 1. The zero-order valence-corrected chi connectivity index (χ0v) is 13.1. The molecular formula is C13H17N3O2S2. The molecule has 0 spiro atoms. The second kappa shape index (κ2) is 4.96. The highest BCUT2D eigenvalue weighted by Gasteiger charge is 2.27. The van der Waals surface area contributed by atoms with Crippen LogP contribution in [-0.4, -0.2) is 36.4 Å². The number of anilines is 1. The highest BCUT2D eigenvalue weighted by Crippen LogP contribution is 2.32. The first-order valence-electron chi connectivity index (χ1n) is 6.61. The van der Waals surface area contributed by atoms with E-state index in [1.54, 1.807) is 17.7 Å². The summed E-state index contributed by atoms with van der Waals surface area (Å²) < 4.78 is 22.9. The van der Waals surface area contributed by atoms with Crippen molar-refractivity contribution in [2.75, 3.05) is 23.4 Å². The van der Waals surface area contributed by atoms with Gasteiger partial charge < -0.3 is 5.32 Å². The Labute approximate surface area is 122 Å². The van der Waals surface area contributed by atoms with E-state index >= 15 is 0 Å². The molecule has 1 fully saturated rings. The van der Waals surface area contributed by atoms with Gasteiger partial charge in [0, 0.05) is 11.4 Å². The first kappa shape index (κ1) is 13.8. The lowest BCUT2D eigenvalue weighted by Gasteiger charge is -2.11. The van der Waals surface area contributed by atoms with Gasteiger partial charge in [-0.05, 0) is 31.7 Å². The van der Waals surface area contributed by atoms with Gasteiger partial charge >= 0.3 is 0 Å². The third kappa shape index (κ3) is 2.52. The van der Waals surface area contributed by atoms with E-state index in [1.807, 2.05) is 0 Å². The fourth-order valence-electron chi connectivity index (χ4n) is 2.59. The minimum atomic E-state index is -2.82. The number of sulfone groups is 1. The molecule has 0 bridgehead atoms. The first-order chi connectivity index (χ1) is 9.46. The largest absolute Gasteiger partial charge is 0.369 e. The molecule has 0 amide bonds. The van der Waals surface area contributed by atoms with E-state index in [1.165, 1.54) is 10.4 Å². The third-order valence-corrected chi connectivity index (χ3v) is 6.80. The van der Waals surface area contributed by atoms with Crippen molar-refractivity contribution in [1.82, 2.24) is 9.97 Å². The normalized spacial score (nSPS) is 21.4. The molecule has 0 radical (unpaired) electrons. The van der Waals surface area contributed by atoms with Crippen molar-refractivity contribution in [2.24, 2.45) is 5.92 Å². The van der Waals surface area contributed by atoms with Gasteiger partial charge in [-0.2, -0.15) is 0 Å². The highest BCUT2D eigenvalue weighted by molar-refractivity contribution is 7.91. The van der Waals surface area contributed by atoms with E-state index in [9.17, 15) is 8.42 Å². The minimum absolute atomic E-state index is 0.185. The van der Waals surface area contributed by atoms with E-state index in [0.29, 0.717) is 12.3 Å². The zero-order chi connectivity index (χ0) is 14.3. The lowest BCUT2D eigenvalue weighted by Crippen LogP contribution is -2.16. The SMILES string of the molecule is Cc1sc2ncnc(NC[C@H]3CCS(=O)(=O)C3)c2c1C. The molecule has 1 saturated heterocycles. The molecule has 1 N–H and O–H groups in total. The van der Waals surface area contributed by atoms with Crippen molar-refractivity contribution >= 4 is 37.2 Å². The Kier molecular flexibility index (Phi) is 3.41. The van der Waals surface area contributed by atoms with Crippen molar-refractivity contribution in [3.8, 4) is 0 Å². The maximum absolute atomic E-state index is 11.5. The van der Waals surface area contributed by atoms with Gasteiger partial charge in [-0.25, -0.2) is 18.4 Å². The van der Waals surface area contributed by atoms with Gasteiger partial charge in [-0.15, -0.1) is 11.3 Å². The van der Waals surface area contributed by atoms with Crippen LogP contribution in [0.4, 0.5) is 5.82 Å². The summed E-state index contributed by atoms with van der Waals surface area (Å²) in [5.74, 6) is 1.61. The highest BCUT2D eigenvalue weighted by atomic mass is 32.2. The Balaban J connectivity index is 1.81. The molecule has 5 nitrogen and oxygen atoms in total. The van der Waals surface area contributed by atoms with Crippen LogP contribution in [0.25, 0.3) is 10.2 Å². The quantitative estimate of drug-likeness (QED) is 0.940. The predicted molar refractivity (Wildman–Crippen MR) is 82.1 cm³/mol. The van der Waals surface area contributed by atoms with E-state index in [4.69, 9.17) is 0 Å². The van der Waals surface area contributed by atoms with Gasteiger partial charge in [0.05, 0.1) is 16.9 Å². The van der Waals surface area contributed by atoms with Gasteiger partial charge in [-0.1, -0.05) is 0 Å². The molecule has 3 heterocycles. The molecule has 1 aliphatic rings. The summed E-state index contributed by atoms with van der Waals surface area (Å²) in [4.78, 5) is 10.8. The number of aryl methyl sites for hydroxylation is 2. The van der Waals surface area contributed by atoms with Crippen LogP contribution >= 0.6 is 11.3 Å². The van der Waals surface area contributed by atoms with Crippen LogP contribution in [0, 0.1) is 19.8 Å². The van der Waals surface area contributed by atoms with Crippen LogP contribution in [0.15, 0.2) is 6.33 Å². The Morgan fingerprint density at radius 2 is 2.20 bits per heavy atom. The molecule has 0 saturated carbocycles. The van der Waals surface area contributed by atoms with E-state index in [0.717, 1.165) is 22.5 Å². The van der Waals surface area contributed by atoms with Gasteiger partial charge in [0.2, 0.25) is 0 Å². The molecule has 0 aromatic carbocycles. The Morgan fingerprint density at radius 1 is 1.40 bits per heavy atom. The number of hydrogen-bond acceptors (Lipinski definition) is 6. The summed E-state index contributed by atoms with van der Waals surface area (Å²) in [6.45, 7) is 4.80. The minimum Gasteiger partial charge on any atom is -0.369 e. The summed E-state index contributed by atoms with van der Waals surface area (Å²) in [6, 6.07) is 0. The van der Waals surface area contributed by atoms with Crippen molar-refractivity contribution in [2.45, 2.75) is 20.3 Å². The molecule has 2 aromatic heterocycles. The van der Waals surface area contributed by atoms with Crippen molar-refractivity contribution in [3.63, 3.8) is 0 Å². The van der Waals surface area contributed by atoms with Gasteiger partial charge in [0.15, 0.2) is 9.84 Å². The first-order valence-corrected chi connectivity index (χ1v) is 9.25. The Hall–Kier alpha value is -1.21. The molecule has 0 aliphatic carbocycles.